The molecule has 0 saturated heterocycles. The molecule has 0 aliphatic carbocycles. The molecule has 6 heteroatoms. The number of allylic oxidation sites excluding steroid dienone is 10. The first-order valence-electron chi connectivity index (χ1n) is 30.3. The van der Waals surface area contributed by atoms with Crippen molar-refractivity contribution in [3.63, 3.8) is 0 Å². The van der Waals surface area contributed by atoms with Crippen LogP contribution < -0.4 is 0 Å². The standard InChI is InChI=1S/C64H114O6/c1-4-7-10-13-16-19-22-24-26-28-29-30-31-32-33-34-35-37-38-40-42-45-48-51-54-57-63(66)69-60-61(59-68-62(65)56-53-50-47-44-21-18-15-12-9-6-3)70-64(67)58-55-52-49-46-43-41-39-36-27-25-23-20-17-14-11-8-5-2/h8,11-12,15,17,20,25,27,39,41,61H,4-7,9-10,13-14,16,18-19,21-24,26,28-38,40,42-60H2,1-3H3/b11-8-,15-12-,20-17-,27-25-,41-39-. The minimum atomic E-state index is -0.789. The lowest BCUT2D eigenvalue weighted by Crippen LogP contribution is -2.30. The highest BCUT2D eigenvalue weighted by Gasteiger charge is 2.19. The van der Waals surface area contributed by atoms with Gasteiger partial charge in [-0.05, 0) is 77.0 Å². The van der Waals surface area contributed by atoms with E-state index in [-0.39, 0.29) is 31.1 Å². The maximum absolute atomic E-state index is 12.8. The molecule has 0 aliphatic heterocycles. The van der Waals surface area contributed by atoms with Gasteiger partial charge in [0.05, 0.1) is 0 Å². The quantitative estimate of drug-likeness (QED) is 0.0261. The lowest BCUT2D eigenvalue weighted by Gasteiger charge is -2.18. The number of hydrogen-bond donors (Lipinski definition) is 0. The minimum absolute atomic E-state index is 0.0845. The van der Waals surface area contributed by atoms with Gasteiger partial charge in [0.2, 0.25) is 0 Å². The van der Waals surface area contributed by atoms with Gasteiger partial charge in [0, 0.05) is 19.3 Å². The van der Waals surface area contributed by atoms with Crippen LogP contribution in [-0.2, 0) is 28.6 Å². The molecule has 0 fully saturated rings. The van der Waals surface area contributed by atoms with Crippen LogP contribution in [0.5, 0.6) is 0 Å². The summed E-state index contributed by atoms with van der Waals surface area (Å²) in [5.41, 5.74) is 0. The molecular weight excluding hydrogens is 865 g/mol. The molecular formula is C64H114O6. The first kappa shape index (κ1) is 67.1. The summed E-state index contributed by atoms with van der Waals surface area (Å²) in [6.45, 7) is 6.47. The van der Waals surface area contributed by atoms with E-state index in [1.165, 1.54) is 161 Å². The molecule has 0 amide bonds. The van der Waals surface area contributed by atoms with E-state index in [0.29, 0.717) is 19.3 Å². The monoisotopic (exact) mass is 979 g/mol. The van der Waals surface area contributed by atoms with Crippen molar-refractivity contribution in [2.45, 2.75) is 316 Å². The molecule has 406 valence electrons. The second-order valence-corrected chi connectivity index (χ2v) is 20.2. The van der Waals surface area contributed by atoms with Crippen LogP contribution in [0.15, 0.2) is 60.8 Å². The zero-order valence-electron chi connectivity index (χ0n) is 46.5. The van der Waals surface area contributed by atoms with Crippen LogP contribution in [0.3, 0.4) is 0 Å². The summed E-state index contributed by atoms with van der Waals surface area (Å²) in [7, 11) is 0. The maximum Gasteiger partial charge on any atom is 0.306 e. The highest BCUT2D eigenvalue weighted by atomic mass is 16.6. The molecule has 0 aromatic carbocycles. The molecule has 0 N–H and O–H groups in total. The van der Waals surface area contributed by atoms with Crippen LogP contribution in [0, 0.1) is 0 Å². The molecule has 0 bridgehead atoms. The van der Waals surface area contributed by atoms with E-state index < -0.39 is 6.10 Å². The Bertz CT molecular complexity index is 1260. The summed E-state index contributed by atoms with van der Waals surface area (Å²) < 4.78 is 16.8. The number of rotatable bonds is 55. The molecule has 6 nitrogen and oxygen atoms in total. The highest BCUT2D eigenvalue weighted by molar-refractivity contribution is 5.71. The fraction of sp³-hybridized carbons (Fsp3) is 0.797. The van der Waals surface area contributed by atoms with Crippen molar-refractivity contribution in [1.29, 1.82) is 0 Å². The highest BCUT2D eigenvalue weighted by Crippen LogP contribution is 2.17. The Morgan fingerprint density at radius 2 is 0.586 bits per heavy atom. The molecule has 0 aromatic rings. The van der Waals surface area contributed by atoms with Gasteiger partial charge in [0.15, 0.2) is 6.10 Å². The van der Waals surface area contributed by atoms with Gasteiger partial charge in [-0.15, -0.1) is 0 Å². The summed E-state index contributed by atoms with van der Waals surface area (Å²) in [5.74, 6) is -0.907. The van der Waals surface area contributed by atoms with Crippen LogP contribution in [0.1, 0.15) is 310 Å². The Labute approximate surface area is 434 Å². The fourth-order valence-electron chi connectivity index (χ4n) is 8.73. The topological polar surface area (TPSA) is 78.9 Å². The summed E-state index contributed by atoms with van der Waals surface area (Å²) in [5, 5.41) is 0. The average Bonchev–Trinajstić information content (AvgIpc) is 3.36. The number of carbonyl (C=O) groups is 3. The van der Waals surface area contributed by atoms with Crippen molar-refractivity contribution in [2.24, 2.45) is 0 Å². The molecule has 70 heavy (non-hydrogen) atoms. The zero-order valence-corrected chi connectivity index (χ0v) is 46.5. The zero-order chi connectivity index (χ0) is 50.7. The Balaban J connectivity index is 4.22. The van der Waals surface area contributed by atoms with E-state index in [1.807, 2.05) is 0 Å². The van der Waals surface area contributed by atoms with Gasteiger partial charge in [-0.2, -0.15) is 0 Å². The lowest BCUT2D eigenvalue weighted by molar-refractivity contribution is -0.167. The Morgan fingerprint density at radius 3 is 0.943 bits per heavy atom. The van der Waals surface area contributed by atoms with E-state index in [1.54, 1.807) is 0 Å². The molecule has 0 aromatic heterocycles. The van der Waals surface area contributed by atoms with Gasteiger partial charge < -0.3 is 14.2 Å². The van der Waals surface area contributed by atoms with Gasteiger partial charge >= 0.3 is 17.9 Å². The third-order valence-corrected chi connectivity index (χ3v) is 13.2. The molecule has 0 rings (SSSR count). The number of esters is 3. The Kier molecular flexibility index (Phi) is 56.3. The molecule has 0 aliphatic rings. The van der Waals surface area contributed by atoms with E-state index in [4.69, 9.17) is 14.2 Å². The Hall–Kier alpha value is -2.89. The summed E-state index contributed by atoms with van der Waals surface area (Å²) in [6.07, 6.45) is 73.8. The number of unbranched alkanes of at least 4 members (excludes halogenated alkanes) is 34. The van der Waals surface area contributed by atoms with Gasteiger partial charge in [-0.25, -0.2) is 0 Å². The average molecular weight is 980 g/mol. The second kappa shape index (κ2) is 58.7. The molecule has 0 spiro atoms. The fourth-order valence-corrected chi connectivity index (χ4v) is 8.73. The SMILES string of the molecule is CC/C=C\C/C=C\C/C=C\C/C=C\CCCCCCC(=O)OC(COC(=O)CCCCCCC/C=C\CCC)COC(=O)CCCCCCCCCCCCCCCCCCCCCCCCCCC. The van der Waals surface area contributed by atoms with Gasteiger partial charge in [0.25, 0.3) is 0 Å². The normalized spacial score (nSPS) is 12.4. The molecule has 1 atom stereocenters. The molecule has 0 saturated carbocycles. The first-order chi connectivity index (χ1) is 34.5. The van der Waals surface area contributed by atoms with E-state index in [2.05, 4.69) is 81.5 Å². The summed E-state index contributed by atoms with van der Waals surface area (Å²) >= 11 is 0. The van der Waals surface area contributed by atoms with Crippen LogP contribution in [0.2, 0.25) is 0 Å². The molecule has 0 radical (unpaired) electrons. The van der Waals surface area contributed by atoms with Gasteiger partial charge in [-0.3, -0.25) is 14.4 Å². The second-order valence-electron chi connectivity index (χ2n) is 20.2. The largest absolute Gasteiger partial charge is 0.462 e. The smallest absolute Gasteiger partial charge is 0.306 e. The Morgan fingerprint density at radius 1 is 0.300 bits per heavy atom. The van der Waals surface area contributed by atoms with Crippen LogP contribution in [0.4, 0.5) is 0 Å². The van der Waals surface area contributed by atoms with Crippen molar-refractivity contribution in [3.8, 4) is 0 Å². The number of hydrogen-bond acceptors (Lipinski definition) is 6. The van der Waals surface area contributed by atoms with Crippen LogP contribution >= 0.6 is 0 Å². The van der Waals surface area contributed by atoms with Crippen molar-refractivity contribution in [3.05, 3.63) is 60.8 Å². The van der Waals surface area contributed by atoms with Crippen molar-refractivity contribution < 1.29 is 28.6 Å². The van der Waals surface area contributed by atoms with E-state index >= 15 is 0 Å². The minimum Gasteiger partial charge on any atom is -0.462 e. The number of carbonyl (C=O) groups excluding carboxylic acids is 3. The van der Waals surface area contributed by atoms with Crippen molar-refractivity contribution in [1.82, 2.24) is 0 Å². The van der Waals surface area contributed by atoms with E-state index in [9.17, 15) is 14.4 Å². The van der Waals surface area contributed by atoms with E-state index in [0.717, 1.165) is 109 Å². The summed E-state index contributed by atoms with van der Waals surface area (Å²) in [6, 6.07) is 0. The number of ether oxygens (including phenoxy) is 3. The lowest BCUT2D eigenvalue weighted by atomic mass is 10.0. The van der Waals surface area contributed by atoms with Crippen LogP contribution in [-0.4, -0.2) is 37.2 Å². The maximum atomic E-state index is 12.8. The first-order valence-corrected chi connectivity index (χ1v) is 30.3. The van der Waals surface area contributed by atoms with Crippen LogP contribution in [0.25, 0.3) is 0 Å². The van der Waals surface area contributed by atoms with Crippen molar-refractivity contribution in [2.75, 3.05) is 13.2 Å². The van der Waals surface area contributed by atoms with Gasteiger partial charge in [-0.1, -0.05) is 274 Å². The predicted octanol–water partition coefficient (Wildman–Crippen LogP) is 20.4. The molecule has 1 unspecified atom stereocenters. The summed E-state index contributed by atoms with van der Waals surface area (Å²) in [4.78, 5) is 38.1. The third-order valence-electron chi connectivity index (χ3n) is 13.2. The van der Waals surface area contributed by atoms with Gasteiger partial charge in [0.1, 0.15) is 13.2 Å². The van der Waals surface area contributed by atoms with Crippen molar-refractivity contribution >= 4 is 17.9 Å². The predicted molar refractivity (Wildman–Crippen MR) is 302 cm³/mol. The molecule has 0 heterocycles. The third kappa shape index (κ3) is 56.0.